The Morgan fingerprint density at radius 3 is 2.20 bits per heavy atom. The molecule has 1 atom stereocenters. The third-order valence-corrected chi connectivity index (χ3v) is 4.76. The topological polar surface area (TPSA) is 75.4 Å². The average Bonchev–Trinajstić information content (AvgIpc) is 2.53. The first kappa shape index (κ1) is 12.9. The molecule has 0 saturated carbocycles. The van der Waals surface area contributed by atoms with Crippen LogP contribution in [0.1, 0.15) is 33.6 Å². The molecule has 0 bridgehead atoms. The number of nitrogens with one attached hydrogen (secondary N) is 1. The summed E-state index contributed by atoms with van der Waals surface area (Å²) in [5, 5.41) is 0. The predicted molar refractivity (Wildman–Crippen MR) is 60.6 cm³/mol. The van der Waals surface area contributed by atoms with Gasteiger partial charge in [-0.25, -0.2) is 0 Å². The fraction of sp³-hybridized carbons (Fsp3) is 1.00. The Balaban J connectivity index is 2.71. The highest BCUT2D eigenvalue weighted by molar-refractivity contribution is 7.87. The highest BCUT2D eigenvalue weighted by Gasteiger charge is 2.33. The Labute approximate surface area is 92.2 Å². The van der Waals surface area contributed by atoms with Gasteiger partial charge >= 0.3 is 0 Å². The van der Waals surface area contributed by atoms with Crippen molar-refractivity contribution in [3.63, 3.8) is 0 Å². The van der Waals surface area contributed by atoms with Gasteiger partial charge in [-0.05, 0) is 33.6 Å². The minimum atomic E-state index is -3.36. The molecule has 5 nitrogen and oxygen atoms in total. The van der Waals surface area contributed by atoms with E-state index in [9.17, 15) is 8.42 Å². The first-order valence-electron chi connectivity index (χ1n) is 5.30. The summed E-state index contributed by atoms with van der Waals surface area (Å²) in [5.41, 5.74) is 5.12. The summed E-state index contributed by atoms with van der Waals surface area (Å²) < 4.78 is 28.0. The van der Waals surface area contributed by atoms with E-state index in [2.05, 4.69) is 4.72 Å². The number of nitrogens with zero attached hydrogens (tertiary/aromatic N) is 1. The standard InChI is InChI=1S/C9H21N3O2S/c1-8(10)9(2,3)11-15(13,14)12-6-4-5-7-12/h8,11H,4-7,10H2,1-3H3. The van der Waals surface area contributed by atoms with Crippen LogP contribution in [-0.2, 0) is 10.2 Å². The second kappa shape index (κ2) is 4.37. The fourth-order valence-electron chi connectivity index (χ4n) is 1.42. The smallest absolute Gasteiger partial charge is 0.279 e. The van der Waals surface area contributed by atoms with Crippen molar-refractivity contribution >= 4 is 10.2 Å². The van der Waals surface area contributed by atoms with E-state index < -0.39 is 15.7 Å². The van der Waals surface area contributed by atoms with Crippen molar-refractivity contribution in [1.82, 2.24) is 9.03 Å². The molecule has 1 unspecified atom stereocenters. The van der Waals surface area contributed by atoms with Crippen LogP contribution in [0.2, 0.25) is 0 Å². The van der Waals surface area contributed by atoms with Gasteiger partial charge in [-0.1, -0.05) is 0 Å². The monoisotopic (exact) mass is 235 g/mol. The van der Waals surface area contributed by atoms with Crippen LogP contribution in [0.5, 0.6) is 0 Å². The van der Waals surface area contributed by atoms with Gasteiger partial charge in [-0.3, -0.25) is 0 Å². The maximum atomic E-state index is 11.9. The summed E-state index contributed by atoms with van der Waals surface area (Å²) in [6.07, 6.45) is 1.89. The first-order valence-corrected chi connectivity index (χ1v) is 6.74. The molecule has 1 rings (SSSR count). The molecule has 6 heteroatoms. The van der Waals surface area contributed by atoms with E-state index in [-0.39, 0.29) is 6.04 Å². The minimum absolute atomic E-state index is 0.227. The minimum Gasteiger partial charge on any atom is -0.326 e. The van der Waals surface area contributed by atoms with E-state index >= 15 is 0 Å². The molecule has 90 valence electrons. The Morgan fingerprint density at radius 2 is 1.80 bits per heavy atom. The van der Waals surface area contributed by atoms with Crippen LogP contribution >= 0.6 is 0 Å². The molecule has 15 heavy (non-hydrogen) atoms. The van der Waals surface area contributed by atoms with E-state index in [0.29, 0.717) is 13.1 Å². The van der Waals surface area contributed by atoms with Gasteiger partial charge in [-0.2, -0.15) is 17.4 Å². The largest absolute Gasteiger partial charge is 0.326 e. The molecular formula is C9H21N3O2S. The zero-order valence-corrected chi connectivity index (χ0v) is 10.5. The Morgan fingerprint density at radius 1 is 1.33 bits per heavy atom. The van der Waals surface area contributed by atoms with Crippen LogP contribution in [0.15, 0.2) is 0 Å². The highest BCUT2D eigenvalue weighted by Crippen LogP contribution is 2.15. The lowest BCUT2D eigenvalue weighted by Crippen LogP contribution is -2.57. The summed E-state index contributed by atoms with van der Waals surface area (Å²) in [6, 6.07) is -0.227. The quantitative estimate of drug-likeness (QED) is 0.722. The van der Waals surface area contributed by atoms with Gasteiger partial charge in [0.25, 0.3) is 10.2 Å². The molecule has 3 N–H and O–H groups in total. The number of hydrogen-bond donors (Lipinski definition) is 2. The fourth-order valence-corrected chi connectivity index (χ4v) is 3.14. The number of nitrogens with two attached hydrogens (primary N) is 1. The van der Waals surface area contributed by atoms with Crippen molar-refractivity contribution < 1.29 is 8.42 Å². The maximum Gasteiger partial charge on any atom is 0.279 e. The molecule has 1 aliphatic heterocycles. The van der Waals surface area contributed by atoms with Crippen LogP contribution in [-0.4, -0.2) is 37.4 Å². The lowest BCUT2D eigenvalue weighted by Gasteiger charge is -2.31. The van der Waals surface area contributed by atoms with Crippen molar-refractivity contribution in [2.24, 2.45) is 5.73 Å². The van der Waals surface area contributed by atoms with Crippen LogP contribution < -0.4 is 10.5 Å². The van der Waals surface area contributed by atoms with Crippen molar-refractivity contribution in [2.45, 2.75) is 45.2 Å². The van der Waals surface area contributed by atoms with Crippen molar-refractivity contribution in [2.75, 3.05) is 13.1 Å². The molecule has 1 aliphatic rings. The maximum absolute atomic E-state index is 11.9. The SMILES string of the molecule is CC(N)C(C)(C)NS(=O)(=O)N1CCCC1. The zero-order chi connectivity index (χ0) is 11.7. The molecule has 0 aromatic heterocycles. The summed E-state index contributed by atoms with van der Waals surface area (Å²) in [7, 11) is -3.36. The van der Waals surface area contributed by atoms with Crippen LogP contribution in [0, 0.1) is 0 Å². The van der Waals surface area contributed by atoms with E-state index in [1.165, 1.54) is 4.31 Å². The van der Waals surface area contributed by atoms with Crippen molar-refractivity contribution in [3.8, 4) is 0 Å². The second-order valence-electron chi connectivity index (χ2n) is 4.72. The van der Waals surface area contributed by atoms with Gasteiger partial charge < -0.3 is 5.73 Å². The van der Waals surface area contributed by atoms with E-state index in [1.807, 2.05) is 0 Å². The summed E-state index contributed by atoms with van der Waals surface area (Å²) in [4.78, 5) is 0. The van der Waals surface area contributed by atoms with E-state index in [0.717, 1.165) is 12.8 Å². The van der Waals surface area contributed by atoms with Crippen molar-refractivity contribution in [3.05, 3.63) is 0 Å². The molecule has 0 radical (unpaired) electrons. The summed E-state index contributed by atoms with van der Waals surface area (Å²) in [5.74, 6) is 0. The lowest BCUT2D eigenvalue weighted by atomic mass is 9.99. The first-order chi connectivity index (χ1) is 6.76. The molecule has 1 heterocycles. The number of rotatable bonds is 4. The second-order valence-corrected chi connectivity index (χ2v) is 6.39. The van der Waals surface area contributed by atoms with Gasteiger partial charge in [-0.15, -0.1) is 0 Å². The Hall–Kier alpha value is -0.170. The predicted octanol–water partition coefficient (Wildman–Crippen LogP) is 0.0424. The van der Waals surface area contributed by atoms with Gasteiger partial charge in [0.1, 0.15) is 0 Å². The molecule has 0 aliphatic carbocycles. The van der Waals surface area contributed by atoms with Gasteiger partial charge in [0.2, 0.25) is 0 Å². The van der Waals surface area contributed by atoms with Gasteiger partial charge in [0.15, 0.2) is 0 Å². The van der Waals surface area contributed by atoms with Crippen molar-refractivity contribution in [1.29, 1.82) is 0 Å². The molecule has 1 fully saturated rings. The van der Waals surface area contributed by atoms with Crippen LogP contribution in [0.3, 0.4) is 0 Å². The van der Waals surface area contributed by atoms with Gasteiger partial charge in [0.05, 0.1) is 0 Å². The molecule has 0 amide bonds. The lowest BCUT2D eigenvalue weighted by molar-refractivity contribution is 0.366. The van der Waals surface area contributed by atoms with Crippen LogP contribution in [0.25, 0.3) is 0 Å². The van der Waals surface area contributed by atoms with Crippen LogP contribution in [0.4, 0.5) is 0 Å². The molecule has 0 spiro atoms. The molecular weight excluding hydrogens is 214 g/mol. The summed E-state index contributed by atoms with van der Waals surface area (Å²) in [6.45, 7) is 6.62. The third-order valence-electron chi connectivity index (χ3n) is 2.94. The highest BCUT2D eigenvalue weighted by atomic mass is 32.2. The van der Waals surface area contributed by atoms with E-state index in [4.69, 9.17) is 5.73 Å². The van der Waals surface area contributed by atoms with Gasteiger partial charge in [0, 0.05) is 24.7 Å². The molecule has 0 aromatic carbocycles. The average molecular weight is 235 g/mol. The number of hydrogen-bond acceptors (Lipinski definition) is 3. The summed E-state index contributed by atoms with van der Waals surface area (Å²) >= 11 is 0. The zero-order valence-electron chi connectivity index (χ0n) is 9.66. The van der Waals surface area contributed by atoms with E-state index in [1.54, 1.807) is 20.8 Å². The third kappa shape index (κ3) is 3.14. The Kier molecular flexibility index (Phi) is 3.76. The normalized spacial score (nSPS) is 21.9. The molecule has 1 saturated heterocycles. The Bertz CT molecular complexity index is 305. The molecule has 0 aromatic rings.